The fraction of sp³-hybridized carbons (Fsp3) is 0.615. The fourth-order valence-corrected chi connectivity index (χ4v) is 1.59. The highest BCUT2D eigenvalue weighted by Gasteiger charge is 2.45. The fourth-order valence-electron chi connectivity index (χ4n) is 1.59. The first-order valence-electron chi connectivity index (χ1n) is 6.57. The van der Waals surface area contributed by atoms with Gasteiger partial charge in [0.1, 0.15) is 7.63 Å². The first-order valence-corrected chi connectivity index (χ1v) is 6.07. The molecule has 0 spiro atoms. The van der Waals surface area contributed by atoms with Gasteiger partial charge in [0.25, 0.3) is 0 Å². The van der Waals surface area contributed by atoms with Gasteiger partial charge in [-0.3, -0.25) is 4.79 Å². The molecule has 0 saturated heterocycles. The van der Waals surface area contributed by atoms with E-state index in [1.165, 1.54) is 19.1 Å². The maximum absolute atomic E-state index is 12.0. The van der Waals surface area contributed by atoms with Crippen molar-refractivity contribution in [3.8, 4) is 0 Å². The Kier molecular flexibility index (Phi) is 6.21. The topological polar surface area (TPSA) is 104 Å². The molecule has 3 N–H and O–H groups in total. The van der Waals surface area contributed by atoms with Crippen LogP contribution in [-0.4, -0.2) is 40.0 Å². The summed E-state index contributed by atoms with van der Waals surface area (Å²) in [5.41, 5.74) is -2.25. The summed E-state index contributed by atoms with van der Waals surface area (Å²) >= 11 is 0. The quantitative estimate of drug-likeness (QED) is 0.441. The number of allylic oxidation sites excluding steroid dienone is 1. The van der Waals surface area contributed by atoms with Crippen molar-refractivity contribution in [2.45, 2.75) is 45.3 Å². The molecule has 19 heavy (non-hydrogen) atoms. The smallest absolute Gasteiger partial charge is 0.336 e. The molecule has 6 heteroatoms. The zero-order valence-corrected chi connectivity index (χ0v) is 11.3. The van der Waals surface area contributed by atoms with Crippen molar-refractivity contribution in [2.24, 2.45) is 5.92 Å². The summed E-state index contributed by atoms with van der Waals surface area (Å²) in [4.78, 5) is 33.8. The molecule has 0 aliphatic rings. The molecule has 0 rings (SSSR count). The number of carboxylic acid groups (broad SMARTS) is 1. The van der Waals surface area contributed by atoms with Crippen molar-refractivity contribution in [3.05, 3.63) is 12.2 Å². The average Bonchev–Trinajstić information content (AvgIpc) is 2.32. The maximum Gasteiger partial charge on any atom is 0.336 e. The molecular weight excluding hydrogens is 250 g/mol. The van der Waals surface area contributed by atoms with Crippen LogP contribution in [0, 0.1) is 5.92 Å². The van der Waals surface area contributed by atoms with Gasteiger partial charge in [-0.1, -0.05) is 19.1 Å². The number of carbonyl (C=O) groups is 3. The van der Waals surface area contributed by atoms with Crippen LogP contribution in [-0.2, 0) is 14.4 Å². The van der Waals surface area contributed by atoms with E-state index in [9.17, 15) is 19.5 Å². The second-order valence-corrected chi connectivity index (χ2v) is 4.50. The molecule has 0 aromatic heterocycles. The summed E-state index contributed by atoms with van der Waals surface area (Å²) < 4.78 is 6.76. The van der Waals surface area contributed by atoms with E-state index in [4.69, 9.17) is 6.48 Å². The summed E-state index contributed by atoms with van der Waals surface area (Å²) in [5.74, 6) is -3.47. The lowest BCUT2D eigenvalue weighted by molar-refractivity contribution is -0.166. The molecule has 0 aliphatic carbocycles. The van der Waals surface area contributed by atoms with Crippen molar-refractivity contribution < 1.29 is 26.0 Å². The van der Waals surface area contributed by atoms with Crippen LogP contribution in [0.2, 0.25) is 0 Å². The van der Waals surface area contributed by atoms with Gasteiger partial charge in [0, 0.05) is 12.5 Å². The molecule has 6 nitrogen and oxygen atoms in total. The van der Waals surface area contributed by atoms with E-state index in [0.717, 1.165) is 0 Å². The number of carbonyl (C=O) groups excluding carboxylic acids is 2. The average molecular weight is 272 g/mol. The summed E-state index contributed by atoms with van der Waals surface area (Å²) in [5, 5.41) is 21.8. The molecule has 0 aromatic carbocycles. The number of nitrogens with one attached hydrogen (secondary N) is 1. The third-order valence-corrected chi connectivity index (χ3v) is 2.67. The molecule has 0 heterocycles. The molecule has 0 fully saturated rings. The van der Waals surface area contributed by atoms with Crippen molar-refractivity contribution in [2.75, 3.05) is 0 Å². The van der Waals surface area contributed by atoms with E-state index in [2.05, 4.69) is 5.32 Å². The van der Waals surface area contributed by atoms with Crippen LogP contribution < -0.4 is 5.32 Å². The number of rotatable bonds is 8. The largest absolute Gasteiger partial charge is 0.479 e. The zero-order valence-electron chi connectivity index (χ0n) is 12.3. The Morgan fingerprint density at radius 3 is 2.42 bits per heavy atom. The summed E-state index contributed by atoms with van der Waals surface area (Å²) in [6.45, 7) is 4.86. The zero-order chi connectivity index (χ0) is 15.9. The second kappa shape index (κ2) is 7.68. The van der Waals surface area contributed by atoms with Gasteiger partial charge in [-0.05, 0) is 20.3 Å². The lowest BCUT2D eigenvalue weighted by Gasteiger charge is -2.29. The lowest BCUT2D eigenvalue weighted by Crippen LogP contribution is -2.52. The van der Waals surface area contributed by atoms with Gasteiger partial charge >= 0.3 is 5.97 Å². The van der Waals surface area contributed by atoms with Crippen LogP contribution in [0.3, 0.4) is 0 Å². The Balaban J connectivity index is 5.34. The van der Waals surface area contributed by atoms with Gasteiger partial charge in [0.15, 0.2) is 5.60 Å². The Bertz CT molecular complexity index is 408. The number of carboxylic acids is 1. The van der Waals surface area contributed by atoms with Gasteiger partial charge in [-0.15, -0.1) is 0 Å². The highest BCUT2D eigenvalue weighted by atomic mass is 16.4. The minimum absolute atomic E-state index is 0.169. The summed E-state index contributed by atoms with van der Waals surface area (Å²) in [6.07, 6.45) is 1.12. The summed E-state index contributed by atoms with van der Waals surface area (Å²) in [7, 11) is 0. The standard InChI is InChI=1S/C13H21NO5/c1-4-13(19,12(17)18)10(7-5-6-8-15)11(16)14-9(2)3/h5,7-10,19H,4,6H2,1-3H3,(H,14,16)(H,17,18)/b7-5+/t10-,13+/m1/s1/i8D. The van der Waals surface area contributed by atoms with Crippen molar-refractivity contribution >= 4 is 18.1 Å². The molecule has 1 amide bonds. The molecule has 0 aromatic rings. The lowest BCUT2D eigenvalue weighted by atomic mass is 9.83. The highest BCUT2D eigenvalue weighted by Crippen LogP contribution is 2.24. The first kappa shape index (κ1) is 15.4. The molecule has 2 atom stereocenters. The van der Waals surface area contributed by atoms with Gasteiger partial charge in [0.05, 0.1) is 5.92 Å². The van der Waals surface area contributed by atoms with E-state index in [-0.39, 0.29) is 18.9 Å². The van der Waals surface area contributed by atoms with Gasteiger partial charge in [-0.2, -0.15) is 0 Å². The summed E-state index contributed by atoms with van der Waals surface area (Å²) in [6, 6.07) is -0.217. The van der Waals surface area contributed by atoms with Crippen LogP contribution in [0.25, 0.3) is 0 Å². The van der Waals surface area contributed by atoms with Crippen molar-refractivity contribution in [1.82, 2.24) is 5.32 Å². The van der Waals surface area contributed by atoms with Crippen molar-refractivity contribution in [1.29, 1.82) is 0 Å². The van der Waals surface area contributed by atoms with E-state index in [0.29, 0.717) is 0 Å². The Hall–Kier alpha value is -1.69. The Labute approximate surface area is 113 Å². The van der Waals surface area contributed by atoms with E-state index in [1.54, 1.807) is 13.8 Å². The second-order valence-electron chi connectivity index (χ2n) is 4.50. The third kappa shape index (κ3) is 4.82. The predicted octanol–water partition coefficient (Wildman–Crippen LogP) is 0.498. The first-order chi connectivity index (χ1) is 9.15. The minimum atomic E-state index is -2.25. The normalized spacial score (nSPS) is 16.8. The molecule has 108 valence electrons. The van der Waals surface area contributed by atoms with E-state index >= 15 is 0 Å². The van der Waals surface area contributed by atoms with Gasteiger partial charge < -0.3 is 20.3 Å². The number of hydrogen-bond acceptors (Lipinski definition) is 4. The molecule has 0 bridgehead atoms. The van der Waals surface area contributed by atoms with Crippen LogP contribution in [0.4, 0.5) is 0 Å². The molecular formula is C13H21NO5. The molecule has 0 aliphatic heterocycles. The third-order valence-electron chi connectivity index (χ3n) is 2.67. The number of aliphatic carboxylic acids is 1. The predicted molar refractivity (Wildman–Crippen MR) is 69.5 cm³/mol. The van der Waals surface area contributed by atoms with Crippen molar-refractivity contribution in [3.63, 3.8) is 0 Å². The van der Waals surface area contributed by atoms with E-state index in [1.807, 2.05) is 0 Å². The molecule has 0 unspecified atom stereocenters. The molecule has 0 saturated carbocycles. The monoisotopic (exact) mass is 272 g/mol. The van der Waals surface area contributed by atoms with Crippen LogP contribution in [0.5, 0.6) is 0 Å². The SMILES string of the molecule is [2H]C(=O)C/C=C/[C@H](C(=O)NC(C)C)[C@@](O)(CC)C(=O)O. The Morgan fingerprint density at radius 1 is 1.47 bits per heavy atom. The minimum Gasteiger partial charge on any atom is -0.479 e. The van der Waals surface area contributed by atoms with Crippen LogP contribution in [0.15, 0.2) is 12.2 Å². The molecule has 0 radical (unpaired) electrons. The number of aliphatic hydroxyl groups is 1. The van der Waals surface area contributed by atoms with Gasteiger partial charge in [0.2, 0.25) is 5.91 Å². The number of hydrogen-bond donors (Lipinski definition) is 3. The highest BCUT2D eigenvalue weighted by molar-refractivity contribution is 5.90. The maximum atomic E-state index is 12.0. The number of amides is 1. The van der Waals surface area contributed by atoms with Gasteiger partial charge in [-0.25, -0.2) is 4.79 Å². The van der Waals surface area contributed by atoms with Crippen LogP contribution in [0.1, 0.15) is 35.0 Å². The Morgan fingerprint density at radius 2 is 2.05 bits per heavy atom. The number of aldehydes is 1. The van der Waals surface area contributed by atoms with E-state index < -0.39 is 29.7 Å². The van der Waals surface area contributed by atoms with Crippen LogP contribution >= 0.6 is 0 Å².